The standard InChI is InChI=1S/C16H29N3O3.HI/c1-4-17-16(18-8-12-6-5-7-14(12)20)19-9-11(2)13(10-19)15(21)22-3;/h11-14,20H,4-10H2,1-3H3,(H,17,18);1H. The minimum absolute atomic E-state index is 0. The summed E-state index contributed by atoms with van der Waals surface area (Å²) in [6.45, 7) is 7.01. The Bertz CT molecular complexity index is 419. The molecule has 7 heteroatoms. The van der Waals surface area contributed by atoms with Crippen molar-refractivity contribution in [3.63, 3.8) is 0 Å². The van der Waals surface area contributed by atoms with Crippen LogP contribution < -0.4 is 5.32 Å². The van der Waals surface area contributed by atoms with Crippen LogP contribution in [0.15, 0.2) is 4.99 Å². The van der Waals surface area contributed by atoms with E-state index in [1.165, 1.54) is 7.11 Å². The number of esters is 1. The summed E-state index contributed by atoms with van der Waals surface area (Å²) in [5.41, 5.74) is 0. The van der Waals surface area contributed by atoms with Crippen LogP contribution in [0.1, 0.15) is 33.1 Å². The van der Waals surface area contributed by atoms with E-state index < -0.39 is 0 Å². The normalized spacial score (nSPS) is 31.0. The predicted molar refractivity (Wildman–Crippen MR) is 101 cm³/mol. The van der Waals surface area contributed by atoms with Crippen LogP contribution in [-0.4, -0.2) is 61.3 Å². The highest BCUT2D eigenvalue weighted by molar-refractivity contribution is 14.0. The number of hydrogen-bond donors (Lipinski definition) is 2. The molecule has 6 nitrogen and oxygen atoms in total. The molecule has 0 spiro atoms. The summed E-state index contributed by atoms with van der Waals surface area (Å²) in [5.74, 6) is 1.14. The van der Waals surface area contributed by atoms with Crippen molar-refractivity contribution in [1.29, 1.82) is 0 Å². The first kappa shape index (κ1) is 20.5. The van der Waals surface area contributed by atoms with Crippen molar-refractivity contribution in [3.8, 4) is 0 Å². The predicted octanol–water partition coefficient (Wildman–Crippen LogP) is 1.47. The Morgan fingerprint density at radius 1 is 1.39 bits per heavy atom. The largest absolute Gasteiger partial charge is 0.469 e. The summed E-state index contributed by atoms with van der Waals surface area (Å²) in [4.78, 5) is 18.7. The van der Waals surface area contributed by atoms with Crippen LogP contribution in [0.3, 0.4) is 0 Å². The lowest BCUT2D eigenvalue weighted by molar-refractivity contribution is -0.145. The van der Waals surface area contributed by atoms with E-state index in [-0.39, 0.29) is 53.8 Å². The van der Waals surface area contributed by atoms with Crippen LogP contribution in [-0.2, 0) is 9.53 Å². The number of carbonyl (C=O) groups is 1. The number of nitrogens with one attached hydrogen (secondary N) is 1. The second-order valence-corrected chi connectivity index (χ2v) is 6.46. The molecule has 1 aliphatic carbocycles. The maximum absolute atomic E-state index is 11.8. The van der Waals surface area contributed by atoms with Gasteiger partial charge in [0.05, 0.1) is 19.1 Å². The molecule has 0 aromatic carbocycles. The van der Waals surface area contributed by atoms with Crippen molar-refractivity contribution in [1.82, 2.24) is 10.2 Å². The summed E-state index contributed by atoms with van der Waals surface area (Å²) in [5, 5.41) is 13.2. The zero-order valence-corrected chi connectivity index (χ0v) is 16.7. The lowest BCUT2D eigenvalue weighted by atomic mass is 9.99. The third-order valence-electron chi connectivity index (χ3n) is 4.85. The highest BCUT2D eigenvalue weighted by atomic mass is 127. The fourth-order valence-corrected chi connectivity index (χ4v) is 3.46. The zero-order chi connectivity index (χ0) is 16.1. The number of likely N-dealkylation sites (tertiary alicyclic amines) is 1. The third-order valence-corrected chi connectivity index (χ3v) is 4.85. The Morgan fingerprint density at radius 2 is 2.13 bits per heavy atom. The van der Waals surface area contributed by atoms with Gasteiger partial charge < -0.3 is 20.1 Å². The molecule has 2 aliphatic rings. The van der Waals surface area contributed by atoms with E-state index in [0.717, 1.165) is 38.3 Å². The molecule has 0 aromatic rings. The fourth-order valence-electron chi connectivity index (χ4n) is 3.46. The Labute approximate surface area is 156 Å². The van der Waals surface area contributed by atoms with Gasteiger partial charge in [-0.3, -0.25) is 9.79 Å². The molecule has 0 aromatic heterocycles. The molecule has 0 radical (unpaired) electrons. The smallest absolute Gasteiger partial charge is 0.310 e. The quantitative estimate of drug-likeness (QED) is 0.301. The number of hydrogen-bond acceptors (Lipinski definition) is 4. The van der Waals surface area contributed by atoms with Crippen LogP contribution in [0.25, 0.3) is 0 Å². The number of aliphatic imine (C=N–C) groups is 1. The van der Waals surface area contributed by atoms with Crippen molar-refractivity contribution in [2.45, 2.75) is 39.2 Å². The van der Waals surface area contributed by atoms with Gasteiger partial charge in [0.1, 0.15) is 0 Å². The summed E-state index contributed by atoms with van der Waals surface area (Å²) in [6.07, 6.45) is 2.81. The number of nitrogens with zero attached hydrogens (tertiary/aromatic N) is 2. The van der Waals surface area contributed by atoms with E-state index in [9.17, 15) is 9.90 Å². The van der Waals surface area contributed by atoms with E-state index in [2.05, 4.69) is 17.1 Å². The van der Waals surface area contributed by atoms with Crippen molar-refractivity contribution in [2.75, 3.05) is 33.3 Å². The molecular formula is C16H30IN3O3. The van der Waals surface area contributed by atoms with Gasteiger partial charge in [-0.2, -0.15) is 0 Å². The van der Waals surface area contributed by atoms with Crippen LogP contribution in [0.5, 0.6) is 0 Å². The van der Waals surface area contributed by atoms with Gasteiger partial charge >= 0.3 is 5.97 Å². The van der Waals surface area contributed by atoms with Crippen molar-refractivity contribution in [3.05, 3.63) is 0 Å². The van der Waals surface area contributed by atoms with Crippen molar-refractivity contribution in [2.24, 2.45) is 22.7 Å². The van der Waals surface area contributed by atoms with E-state index in [1.54, 1.807) is 0 Å². The molecule has 1 saturated heterocycles. The van der Waals surface area contributed by atoms with Gasteiger partial charge in [0.25, 0.3) is 0 Å². The molecule has 23 heavy (non-hydrogen) atoms. The highest BCUT2D eigenvalue weighted by Crippen LogP contribution is 2.27. The molecule has 0 bridgehead atoms. The Balaban J connectivity index is 0.00000264. The minimum atomic E-state index is -0.216. The summed E-state index contributed by atoms with van der Waals surface area (Å²) >= 11 is 0. The van der Waals surface area contributed by atoms with Crippen LogP contribution in [0.2, 0.25) is 0 Å². The molecule has 0 amide bonds. The first-order valence-electron chi connectivity index (χ1n) is 8.36. The van der Waals surface area contributed by atoms with E-state index in [0.29, 0.717) is 13.1 Å². The van der Waals surface area contributed by atoms with E-state index in [4.69, 9.17) is 9.73 Å². The summed E-state index contributed by atoms with van der Waals surface area (Å²) < 4.78 is 4.89. The molecule has 4 unspecified atom stereocenters. The molecule has 1 heterocycles. The molecular weight excluding hydrogens is 409 g/mol. The molecule has 1 saturated carbocycles. The summed E-state index contributed by atoms with van der Waals surface area (Å²) in [7, 11) is 1.44. The van der Waals surface area contributed by atoms with Crippen molar-refractivity contribution >= 4 is 35.9 Å². The van der Waals surface area contributed by atoms with E-state index in [1.807, 2.05) is 6.92 Å². The number of aliphatic hydroxyl groups is 1. The van der Waals surface area contributed by atoms with Crippen LogP contribution >= 0.6 is 24.0 Å². The lowest BCUT2D eigenvalue weighted by Crippen LogP contribution is -2.41. The number of aliphatic hydroxyl groups excluding tert-OH is 1. The molecule has 2 N–H and O–H groups in total. The first-order valence-corrected chi connectivity index (χ1v) is 8.36. The van der Waals surface area contributed by atoms with Gasteiger partial charge in [0.15, 0.2) is 5.96 Å². The monoisotopic (exact) mass is 439 g/mol. The Kier molecular flexibility index (Phi) is 8.60. The van der Waals surface area contributed by atoms with Gasteiger partial charge in [-0.25, -0.2) is 0 Å². The Morgan fingerprint density at radius 3 is 2.70 bits per heavy atom. The third kappa shape index (κ3) is 5.20. The van der Waals surface area contributed by atoms with E-state index >= 15 is 0 Å². The Hall–Kier alpha value is -0.570. The summed E-state index contributed by atoms with van der Waals surface area (Å²) in [6, 6.07) is 0. The second kappa shape index (κ2) is 9.66. The number of guanidine groups is 1. The molecule has 2 fully saturated rings. The van der Waals surface area contributed by atoms with Crippen LogP contribution in [0, 0.1) is 17.8 Å². The number of carbonyl (C=O) groups excluding carboxylic acids is 1. The molecule has 1 aliphatic heterocycles. The second-order valence-electron chi connectivity index (χ2n) is 6.46. The number of rotatable bonds is 4. The van der Waals surface area contributed by atoms with Crippen LogP contribution in [0.4, 0.5) is 0 Å². The topological polar surface area (TPSA) is 74.2 Å². The van der Waals surface area contributed by atoms with Crippen molar-refractivity contribution < 1.29 is 14.6 Å². The average Bonchev–Trinajstić information content (AvgIpc) is 3.09. The van der Waals surface area contributed by atoms with Gasteiger partial charge in [0, 0.05) is 32.1 Å². The van der Waals surface area contributed by atoms with Gasteiger partial charge in [0.2, 0.25) is 0 Å². The SMILES string of the molecule is CCNC(=NCC1CCCC1O)N1CC(C)C(C(=O)OC)C1.I. The molecule has 4 atom stereocenters. The average molecular weight is 439 g/mol. The zero-order valence-electron chi connectivity index (χ0n) is 14.3. The number of halogens is 1. The maximum atomic E-state index is 11.8. The highest BCUT2D eigenvalue weighted by Gasteiger charge is 2.37. The number of ether oxygens (including phenoxy) is 1. The van der Waals surface area contributed by atoms with Gasteiger partial charge in [-0.05, 0) is 25.7 Å². The molecule has 134 valence electrons. The lowest BCUT2D eigenvalue weighted by Gasteiger charge is -2.22. The fraction of sp³-hybridized carbons (Fsp3) is 0.875. The van der Waals surface area contributed by atoms with Gasteiger partial charge in [-0.15, -0.1) is 24.0 Å². The minimum Gasteiger partial charge on any atom is -0.469 e. The maximum Gasteiger partial charge on any atom is 0.310 e. The number of methoxy groups -OCH3 is 1. The first-order chi connectivity index (χ1) is 10.6. The van der Waals surface area contributed by atoms with Gasteiger partial charge in [-0.1, -0.05) is 13.3 Å². The molecule has 2 rings (SSSR count).